The molecule has 3 nitrogen and oxygen atoms in total. The molecular weight excluding hydrogens is 114 g/mol. The molecule has 0 N–H and O–H groups in total. The summed E-state index contributed by atoms with van der Waals surface area (Å²) in [5.41, 5.74) is 0. The first kappa shape index (κ1) is 6.47. The van der Waals surface area contributed by atoms with Gasteiger partial charge in [0.1, 0.15) is 0 Å². The molecule has 0 bridgehead atoms. The summed E-state index contributed by atoms with van der Waals surface area (Å²) >= 11 is 0. The highest BCUT2D eigenvalue weighted by molar-refractivity contribution is 7.94. The Labute approximate surface area is 42.8 Å². The van der Waals surface area contributed by atoms with Gasteiger partial charge in [0.2, 0.25) is 0 Å². The Morgan fingerprint density at radius 3 is 2.14 bits per heavy atom. The van der Waals surface area contributed by atoms with Crippen LogP contribution in [0.25, 0.3) is 0 Å². The third kappa shape index (κ3) is 2.20. The Hall–Kier alpha value is -0.530. The molecule has 1 radical (unpaired) electrons. The predicted molar refractivity (Wildman–Crippen MR) is 25.8 cm³/mol. The fourth-order valence-corrected chi connectivity index (χ4v) is 0.158. The number of rotatable bonds is 1. The summed E-state index contributed by atoms with van der Waals surface area (Å²) in [5.74, 6) is 0. The Bertz CT molecular complexity index is 174. The Morgan fingerprint density at radius 1 is 1.71 bits per heavy atom. The fraction of sp³-hybridized carbons (Fsp3) is 0.333. The van der Waals surface area contributed by atoms with E-state index in [0.717, 1.165) is 7.05 Å². The van der Waals surface area contributed by atoms with Crippen LogP contribution in [0, 0.1) is 11.7 Å². The van der Waals surface area contributed by atoms with Gasteiger partial charge in [0.25, 0.3) is 10.0 Å². The van der Waals surface area contributed by atoms with Gasteiger partial charge in [-0.15, -0.1) is 11.1 Å². The first-order valence-electron chi connectivity index (χ1n) is 1.46. The monoisotopic (exact) mass is 118 g/mol. The van der Waals surface area contributed by atoms with Crippen LogP contribution in [0.1, 0.15) is 0 Å². The molecule has 0 amide bonds. The highest BCUT2D eigenvalue weighted by atomic mass is 32.2. The molecule has 0 rings (SSSR count). The van der Waals surface area contributed by atoms with Crippen molar-refractivity contribution in [2.45, 2.75) is 0 Å². The lowest BCUT2D eigenvalue weighted by atomic mass is 11.4. The van der Waals surface area contributed by atoms with Gasteiger partial charge in [0, 0.05) is 12.3 Å². The molecule has 0 saturated carbocycles. The van der Waals surface area contributed by atoms with Gasteiger partial charge >= 0.3 is 0 Å². The first-order valence-corrected chi connectivity index (χ1v) is 2.90. The summed E-state index contributed by atoms with van der Waals surface area (Å²) < 4.78 is 22.8. The number of terminal acetylenes is 1. The van der Waals surface area contributed by atoms with Crippen LogP contribution in [0.2, 0.25) is 0 Å². The van der Waals surface area contributed by atoms with E-state index in [1.54, 1.807) is 0 Å². The fourth-order valence-electron chi connectivity index (χ4n) is 0.0527. The van der Waals surface area contributed by atoms with E-state index in [9.17, 15) is 8.42 Å². The minimum atomic E-state index is -3.50. The van der Waals surface area contributed by atoms with Crippen molar-refractivity contribution < 1.29 is 8.42 Å². The van der Waals surface area contributed by atoms with Crippen LogP contribution >= 0.6 is 0 Å². The van der Waals surface area contributed by atoms with Crippen molar-refractivity contribution in [3.05, 3.63) is 0 Å². The van der Waals surface area contributed by atoms with Gasteiger partial charge in [-0.3, -0.25) is 0 Å². The molecule has 0 aliphatic heterocycles. The average molecular weight is 118 g/mol. The van der Waals surface area contributed by atoms with Crippen molar-refractivity contribution in [1.29, 1.82) is 0 Å². The maximum atomic E-state index is 9.97. The quantitative estimate of drug-likeness (QED) is 0.421. The SMILES string of the molecule is C#CS(=O)(=O)[N]C. The van der Waals surface area contributed by atoms with Gasteiger partial charge in [0.05, 0.1) is 0 Å². The summed E-state index contributed by atoms with van der Waals surface area (Å²) in [5, 5.41) is 1.50. The lowest BCUT2D eigenvalue weighted by Crippen LogP contribution is -2.06. The van der Waals surface area contributed by atoms with Crippen LogP contribution in [-0.4, -0.2) is 15.5 Å². The molecule has 0 aromatic carbocycles. The summed E-state index contributed by atoms with van der Waals surface area (Å²) in [4.78, 5) is 0. The molecule has 0 aromatic rings. The van der Waals surface area contributed by atoms with Gasteiger partial charge in [-0.2, -0.15) is 8.42 Å². The third-order valence-electron chi connectivity index (χ3n) is 0.389. The van der Waals surface area contributed by atoms with Crippen LogP contribution < -0.4 is 4.72 Å². The lowest BCUT2D eigenvalue weighted by molar-refractivity contribution is 0.598. The number of hydrogen-bond donors (Lipinski definition) is 0. The molecule has 0 fully saturated rings. The van der Waals surface area contributed by atoms with Crippen molar-refractivity contribution >= 4 is 10.0 Å². The maximum Gasteiger partial charge on any atom is 0.296 e. The Morgan fingerprint density at radius 2 is 2.14 bits per heavy atom. The molecule has 0 heterocycles. The smallest absolute Gasteiger partial charge is 0.197 e. The van der Waals surface area contributed by atoms with Crippen LogP contribution in [0.3, 0.4) is 0 Å². The third-order valence-corrected chi connectivity index (χ3v) is 1.17. The van der Waals surface area contributed by atoms with Gasteiger partial charge in [-0.25, -0.2) is 0 Å². The van der Waals surface area contributed by atoms with E-state index in [1.165, 1.54) is 5.25 Å². The molecule has 0 unspecified atom stereocenters. The van der Waals surface area contributed by atoms with Crippen LogP contribution in [0.15, 0.2) is 0 Å². The van der Waals surface area contributed by atoms with Gasteiger partial charge in [0.15, 0.2) is 0 Å². The van der Waals surface area contributed by atoms with Crippen molar-refractivity contribution in [3.63, 3.8) is 0 Å². The standard InChI is InChI=1S/C3H4NO2S/c1-3-7(5,6)4-2/h1H,2H3. The molecule has 0 aromatic heterocycles. The minimum Gasteiger partial charge on any atom is -0.197 e. The highest BCUT2D eigenvalue weighted by Crippen LogP contribution is 1.73. The average Bonchev–Trinajstić information content (AvgIpc) is 1.68. The summed E-state index contributed by atoms with van der Waals surface area (Å²) in [6, 6.07) is 0. The number of nitrogens with zero attached hydrogens (tertiary/aromatic N) is 1. The normalized spacial score (nSPS) is 10.3. The molecule has 7 heavy (non-hydrogen) atoms. The van der Waals surface area contributed by atoms with E-state index < -0.39 is 10.0 Å². The minimum absolute atomic E-state index is 1.13. The first-order chi connectivity index (χ1) is 3.12. The zero-order valence-electron chi connectivity index (χ0n) is 3.75. The van der Waals surface area contributed by atoms with Gasteiger partial charge in [-0.05, 0) is 0 Å². The van der Waals surface area contributed by atoms with Gasteiger partial charge in [-0.1, -0.05) is 0 Å². The largest absolute Gasteiger partial charge is 0.296 e. The van der Waals surface area contributed by atoms with Crippen LogP contribution in [0.5, 0.6) is 0 Å². The zero-order chi connectivity index (χ0) is 5.91. The molecule has 0 saturated heterocycles. The van der Waals surface area contributed by atoms with Crippen molar-refractivity contribution in [3.8, 4) is 11.7 Å². The van der Waals surface area contributed by atoms with E-state index in [0.29, 0.717) is 0 Å². The second kappa shape index (κ2) is 1.96. The van der Waals surface area contributed by atoms with Gasteiger partial charge < -0.3 is 0 Å². The van der Waals surface area contributed by atoms with Crippen LogP contribution in [0.4, 0.5) is 0 Å². The van der Waals surface area contributed by atoms with Crippen molar-refractivity contribution in [2.24, 2.45) is 0 Å². The maximum absolute atomic E-state index is 9.97. The molecule has 0 aliphatic rings. The number of sulfonamides is 1. The summed E-state index contributed by atoms with van der Waals surface area (Å²) in [6.45, 7) is 0. The Balaban J connectivity index is 4.28. The van der Waals surface area contributed by atoms with E-state index in [1.807, 2.05) is 0 Å². The van der Waals surface area contributed by atoms with Crippen LogP contribution in [-0.2, 0) is 10.0 Å². The van der Waals surface area contributed by atoms with E-state index in [2.05, 4.69) is 11.1 Å². The second-order valence-electron chi connectivity index (χ2n) is 0.775. The molecule has 0 spiro atoms. The van der Waals surface area contributed by atoms with Crippen molar-refractivity contribution in [2.75, 3.05) is 7.05 Å². The molecular formula is C3H4NO2S. The predicted octanol–water partition coefficient (Wildman–Crippen LogP) is -0.859. The summed E-state index contributed by atoms with van der Waals surface area (Å²) in [7, 11) is -2.37. The Kier molecular flexibility index (Phi) is 1.81. The molecule has 39 valence electrons. The van der Waals surface area contributed by atoms with E-state index in [4.69, 9.17) is 0 Å². The lowest BCUT2D eigenvalue weighted by Gasteiger charge is -1.80. The molecule has 0 atom stereocenters. The second-order valence-corrected chi connectivity index (χ2v) is 2.33. The highest BCUT2D eigenvalue weighted by Gasteiger charge is 1.97. The molecule has 4 heteroatoms. The topological polar surface area (TPSA) is 48.2 Å². The molecule has 0 aliphatic carbocycles. The number of hydrogen-bond acceptors (Lipinski definition) is 2. The van der Waals surface area contributed by atoms with E-state index >= 15 is 0 Å². The summed E-state index contributed by atoms with van der Waals surface area (Å²) in [6.07, 6.45) is 4.49. The van der Waals surface area contributed by atoms with E-state index in [-0.39, 0.29) is 0 Å². The zero-order valence-corrected chi connectivity index (χ0v) is 4.57. The van der Waals surface area contributed by atoms with Crippen molar-refractivity contribution in [1.82, 2.24) is 4.72 Å².